The molecule has 0 aromatic heterocycles. The Morgan fingerprint density at radius 2 is 1.80 bits per heavy atom. The number of halogens is 3. The van der Waals surface area contributed by atoms with Crippen molar-refractivity contribution in [2.24, 2.45) is 34.5 Å². The van der Waals surface area contributed by atoms with E-state index in [0.29, 0.717) is 42.7 Å². The molecule has 1 aromatic rings. The molecular formula is C28H37F3N2O2. The van der Waals surface area contributed by atoms with Gasteiger partial charge in [-0.3, -0.25) is 9.59 Å². The highest BCUT2D eigenvalue weighted by Crippen LogP contribution is 2.66. The molecule has 1 aromatic carbocycles. The Morgan fingerprint density at radius 3 is 2.54 bits per heavy atom. The maximum atomic E-state index is 13.1. The third kappa shape index (κ3) is 3.97. The Kier molecular flexibility index (Phi) is 5.99. The first-order valence-electron chi connectivity index (χ1n) is 13.2. The van der Waals surface area contributed by atoms with E-state index in [1.165, 1.54) is 12.1 Å². The summed E-state index contributed by atoms with van der Waals surface area (Å²) in [6.45, 7) is 5.31. The summed E-state index contributed by atoms with van der Waals surface area (Å²) < 4.78 is 39.2. The zero-order valence-electron chi connectivity index (χ0n) is 21.0. The van der Waals surface area contributed by atoms with E-state index in [-0.39, 0.29) is 22.3 Å². The van der Waals surface area contributed by atoms with Crippen LogP contribution >= 0.6 is 0 Å². The lowest BCUT2D eigenvalue weighted by Gasteiger charge is -2.61. The molecule has 7 atom stereocenters. The number of amides is 2. The third-order valence-corrected chi connectivity index (χ3v) is 10.7. The van der Waals surface area contributed by atoms with E-state index in [9.17, 15) is 22.8 Å². The van der Waals surface area contributed by atoms with Crippen molar-refractivity contribution in [2.75, 3.05) is 13.6 Å². The number of piperidine rings is 1. The molecular weight excluding hydrogens is 453 g/mol. The molecule has 0 bridgehead atoms. The second-order valence-corrected chi connectivity index (χ2v) is 12.1. The SMILES string of the molecule is CN1C(=O)CC[C@]2(C)[C@H]3CC[C@]4(C)[C@@H](CNC(=O)c5cccc(C(F)(F)F)c5)CC[C@H]4[C@@H]3CC[C@@H]12. The first-order valence-corrected chi connectivity index (χ1v) is 13.2. The number of nitrogens with zero attached hydrogens (tertiary/aromatic N) is 1. The van der Waals surface area contributed by atoms with Gasteiger partial charge in [0.15, 0.2) is 0 Å². The fraction of sp³-hybridized carbons (Fsp3) is 0.714. The molecule has 0 unspecified atom stereocenters. The molecule has 1 aliphatic heterocycles. The summed E-state index contributed by atoms with van der Waals surface area (Å²) in [6.07, 6.45) is 3.88. The minimum atomic E-state index is -4.46. The van der Waals surface area contributed by atoms with Crippen molar-refractivity contribution in [2.45, 2.75) is 77.4 Å². The van der Waals surface area contributed by atoms with Gasteiger partial charge >= 0.3 is 6.18 Å². The molecule has 4 nitrogen and oxygen atoms in total. The molecule has 4 aliphatic rings. The van der Waals surface area contributed by atoms with Crippen molar-refractivity contribution in [1.82, 2.24) is 10.2 Å². The van der Waals surface area contributed by atoms with Crippen LogP contribution in [0.4, 0.5) is 13.2 Å². The predicted octanol–water partition coefficient (Wildman–Crippen LogP) is 5.91. The fourth-order valence-electron chi connectivity index (χ4n) is 8.75. The van der Waals surface area contributed by atoms with Gasteiger partial charge in [-0.05, 0) is 97.6 Å². The van der Waals surface area contributed by atoms with Gasteiger partial charge in [0.2, 0.25) is 5.91 Å². The summed E-state index contributed by atoms with van der Waals surface area (Å²) in [5, 5.41) is 2.96. The molecule has 4 fully saturated rings. The van der Waals surface area contributed by atoms with Gasteiger partial charge in [0.05, 0.1) is 5.56 Å². The molecule has 3 aliphatic carbocycles. The highest BCUT2D eigenvalue weighted by atomic mass is 19.4. The largest absolute Gasteiger partial charge is 0.416 e. The summed E-state index contributed by atoms with van der Waals surface area (Å²) >= 11 is 0. The van der Waals surface area contributed by atoms with E-state index in [1.807, 2.05) is 11.9 Å². The number of carbonyl (C=O) groups is 2. The molecule has 1 saturated heterocycles. The highest BCUT2D eigenvalue weighted by molar-refractivity contribution is 5.94. The minimum absolute atomic E-state index is 0.0606. The van der Waals surface area contributed by atoms with E-state index in [1.54, 1.807) is 0 Å². The van der Waals surface area contributed by atoms with Crippen LogP contribution in [-0.4, -0.2) is 36.3 Å². The van der Waals surface area contributed by atoms with Gasteiger partial charge in [0, 0.05) is 31.6 Å². The molecule has 5 rings (SSSR count). The van der Waals surface area contributed by atoms with Gasteiger partial charge in [-0.2, -0.15) is 13.2 Å². The molecule has 3 saturated carbocycles. The van der Waals surface area contributed by atoms with Gasteiger partial charge in [0.25, 0.3) is 5.91 Å². The van der Waals surface area contributed by atoms with Gasteiger partial charge in [-0.25, -0.2) is 0 Å². The van der Waals surface area contributed by atoms with Crippen molar-refractivity contribution in [1.29, 1.82) is 0 Å². The van der Waals surface area contributed by atoms with Crippen LogP contribution in [0, 0.1) is 34.5 Å². The number of rotatable bonds is 3. The summed E-state index contributed by atoms with van der Waals surface area (Å²) in [5.41, 5.74) is -0.411. The van der Waals surface area contributed by atoms with Crippen LogP contribution in [0.5, 0.6) is 0 Å². The Morgan fingerprint density at radius 1 is 1.06 bits per heavy atom. The van der Waals surface area contributed by atoms with Gasteiger partial charge in [-0.15, -0.1) is 0 Å². The first-order chi connectivity index (χ1) is 16.4. The zero-order chi connectivity index (χ0) is 25.2. The molecule has 1 heterocycles. The molecule has 35 heavy (non-hydrogen) atoms. The second-order valence-electron chi connectivity index (χ2n) is 12.1. The Balaban J connectivity index is 1.27. The van der Waals surface area contributed by atoms with Crippen LogP contribution in [0.1, 0.15) is 81.1 Å². The van der Waals surface area contributed by atoms with Crippen LogP contribution < -0.4 is 5.32 Å². The average molecular weight is 491 g/mol. The normalized spacial score (nSPS) is 39.0. The highest BCUT2D eigenvalue weighted by Gasteiger charge is 2.61. The van der Waals surface area contributed by atoms with E-state index in [0.717, 1.165) is 57.1 Å². The van der Waals surface area contributed by atoms with Crippen molar-refractivity contribution < 1.29 is 22.8 Å². The van der Waals surface area contributed by atoms with Crippen LogP contribution in [0.25, 0.3) is 0 Å². The molecule has 192 valence electrons. The number of likely N-dealkylation sites (tertiary alicyclic amines) is 1. The van der Waals surface area contributed by atoms with E-state index in [2.05, 4.69) is 19.2 Å². The maximum absolute atomic E-state index is 13.1. The van der Waals surface area contributed by atoms with Crippen LogP contribution in [0.2, 0.25) is 0 Å². The molecule has 0 spiro atoms. The van der Waals surface area contributed by atoms with Crippen LogP contribution in [0.3, 0.4) is 0 Å². The lowest BCUT2D eigenvalue weighted by atomic mass is 9.47. The molecule has 0 radical (unpaired) electrons. The predicted molar refractivity (Wildman–Crippen MR) is 127 cm³/mol. The monoisotopic (exact) mass is 490 g/mol. The molecule has 7 heteroatoms. The van der Waals surface area contributed by atoms with Crippen molar-refractivity contribution in [3.05, 3.63) is 35.4 Å². The Bertz CT molecular complexity index is 1010. The van der Waals surface area contributed by atoms with Gasteiger partial charge in [0.1, 0.15) is 0 Å². The number of hydrogen-bond donors (Lipinski definition) is 1. The lowest BCUT2D eigenvalue weighted by Crippen LogP contribution is -2.61. The third-order valence-electron chi connectivity index (χ3n) is 10.7. The van der Waals surface area contributed by atoms with Crippen LogP contribution in [0.15, 0.2) is 24.3 Å². The number of hydrogen-bond acceptors (Lipinski definition) is 2. The van der Waals surface area contributed by atoms with E-state index >= 15 is 0 Å². The molecule has 2 amide bonds. The topological polar surface area (TPSA) is 49.4 Å². The summed E-state index contributed by atoms with van der Waals surface area (Å²) in [6, 6.07) is 5.01. The summed E-state index contributed by atoms with van der Waals surface area (Å²) in [5.74, 6) is 2.08. The second kappa shape index (κ2) is 8.52. The number of carbonyl (C=O) groups excluding carboxylic acids is 2. The van der Waals surface area contributed by atoms with Crippen LogP contribution in [-0.2, 0) is 11.0 Å². The van der Waals surface area contributed by atoms with Crippen molar-refractivity contribution >= 4 is 11.8 Å². The standard InChI is InChI=1S/C28H37F3N2O2/c1-26-13-11-22-20(8-10-23-27(22,2)14-12-24(34)33(23)3)21(26)9-7-19(26)16-32-25(35)17-5-4-6-18(15-17)28(29,30)31/h4-6,15,19-23H,7-14,16H2,1-3H3,(H,32,35)/t19-,20+,21+,22+,23-,26-,27-/m1/s1. The minimum Gasteiger partial charge on any atom is -0.352 e. The quantitative estimate of drug-likeness (QED) is 0.572. The van der Waals surface area contributed by atoms with E-state index < -0.39 is 17.6 Å². The summed E-state index contributed by atoms with van der Waals surface area (Å²) in [4.78, 5) is 27.1. The Labute approximate surface area is 206 Å². The first kappa shape index (κ1) is 24.6. The zero-order valence-corrected chi connectivity index (χ0v) is 21.0. The fourth-order valence-corrected chi connectivity index (χ4v) is 8.75. The van der Waals surface area contributed by atoms with Crippen molar-refractivity contribution in [3.8, 4) is 0 Å². The molecule has 1 N–H and O–H groups in total. The average Bonchev–Trinajstić information content (AvgIpc) is 3.16. The van der Waals surface area contributed by atoms with E-state index in [4.69, 9.17) is 0 Å². The number of nitrogens with one attached hydrogen (secondary N) is 1. The number of benzene rings is 1. The number of alkyl halides is 3. The smallest absolute Gasteiger partial charge is 0.352 e. The maximum Gasteiger partial charge on any atom is 0.416 e. The van der Waals surface area contributed by atoms with Crippen molar-refractivity contribution in [3.63, 3.8) is 0 Å². The number of fused-ring (bicyclic) bond motifs is 5. The van der Waals surface area contributed by atoms with Gasteiger partial charge < -0.3 is 10.2 Å². The van der Waals surface area contributed by atoms with Gasteiger partial charge in [-0.1, -0.05) is 19.9 Å². The summed E-state index contributed by atoms with van der Waals surface area (Å²) in [7, 11) is 1.98. The Hall–Kier alpha value is -2.05. The lowest BCUT2D eigenvalue weighted by molar-refractivity contribution is -0.158.